The fourth-order valence-electron chi connectivity index (χ4n) is 4.33. The Morgan fingerprint density at radius 2 is 2.16 bits per heavy atom. The van der Waals surface area contributed by atoms with Crippen molar-refractivity contribution >= 4 is 40.4 Å². The molecule has 2 aliphatic rings. The van der Waals surface area contributed by atoms with E-state index >= 15 is 0 Å². The van der Waals surface area contributed by atoms with Gasteiger partial charge in [0.05, 0.1) is 32.1 Å². The number of aromatic amines is 1. The van der Waals surface area contributed by atoms with Crippen molar-refractivity contribution in [1.82, 2.24) is 14.9 Å². The highest BCUT2D eigenvalue weighted by Gasteiger charge is 2.44. The van der Waals surface area contributed by atoms with E-state index in [-0.39, 0.29) is 18.3 Å². The number of aryl methyl sites for hydroxylation is 1. The summed E-state index contributed by atoms with van der Waals surface area (Å²) in [6.07, 6.45) is 5.01. The summed E-state index contributed by atoms with van der Waals surface area (Å²) in [5.74, 6) is 3.97. The first-order chi connectivity index (χ1) is 18.5. The van der Waals surface area contributed by atoms with Gasteiger partial charge in [0.25, 0.3) is 0 Å². The maximum Gasteiger partial charge on any atom is 0.326 e. The number of morpholine rings is 1. The molecule has 2 aromatic heterocycles. The van der Waals surface area contributed by atoms with Crippen LogP contribution in [-0.2, 0) is 23.8 Å². The summed E-state index contributed by atoms with van der Waals surface area (Å²) in [6.45, 7) is 7.67. The molecule has 0 spiro atoms. The van der Waals surface area contributed by atoms with Gasteiger partial charge in [0.15, 0.2) is 11.7 Å². The van der Waals surface area contributed by atoms with E-state index in [1.54, 1.807) is 25.4 Å². The van der Waals surface area contributed by atoms with E-state index in [9.17, 15) is 9.59 Å². The molecule has 0 bridgehead atoms. The molecule has 38 heavy (non-hydrogen) atoms. The number of nitrogens with zero attached hydrogens (tertiary/aromatic N) is 3. The number of benzene rings is 1. The van der Waals surface area contributed by atoms with Crippen LogP contribution in [-0.4, -0.2) is 72.0 Å². The first-order valence-electron chi connectivity index (χ1n) is 12.5. The van der Waals surface area contributed by atoms with Crippen LogP contribution >= 0.6 is 0 Å². The number of esters is 1. The lowest BCUT2D eigenvalue weighted by Gasteiger charge is -2.24. The third-order valence-corrected chi connectivity index (χ3v) is 6.33. The van der Waals surface area contributed by atoms with Crippen molar-refractivity contribution in [1.29, 1.82) is 0 Å². The van der Waals surface area contributed by atoms with Crippen LogP contribution in [0.15, 0.2) is 53.5 Å². The molecule has 9 nitrogen and oxygen atoms in total. The van der Waals surface area contributed by atoms with Crippen molar-refractivity contribution in [2.75, 3.05) is 39.5 Å². The van der Waals surface area contributed by atoms with Gasteiger partial charge in [-0.25, -0.2) is 9.98 Å². The number of nitrogens with one attached hydrogen (secondary N) is 1. The van der Waals surface area contributed by atoms with Gasteiger partial charge >= 0.3 is 5.97 Å². The van der Waals surface area contributed by atoms with Crippen molar-refractivity contribution in [3.8, 4) is 11.8 Å². The van der Waals surface area contributed by atoms with Gasteiger partial charge in [-0.2, -0.15) is 0 Å². The van der Waals surface area contributed by atoms with E-state index in [0.29, 0.717) is 17.9 Å². The molecule has 3 aromatic rings. The number of rotatable bonds is 5. The first kappa shape index (κ1) is 25.4. The number of H-pyrrole nitrogens is 1. The summed E-state index contributed by atoms with van der Waals surface area (Å²) in [5.41, 5.74) is 3.69. The second-order valence-electron chi connectivity index (χ2n) is 8.95. The number of allylic oxidation sites excluding steroid dienone is 1. The molecule has 2 fully saturated rings. The van der Waals surface area contributed by atoms with Crippen LogP contribution in [0.25, 0.3) is 17.1 Å². The van der Waals surface area contributed by atoms with Crippen molar-refractivity contribution in [2.24, 2.45) is 10.9 Å². The molecule has 0 aliphatic carbocycles. The van der Waals surface area contributed by atoms with Crippen LogP contribution in [0.5, 0.6) is 0 Å². The minimum Gasteiger partial charge on any atom is -0.465 e. The Labute approximate surface area is 220 Å². The predicted molar refractivity (Wildman–Crippen MR) is 143 cm³/mol. The van der Waals surface area contributed by atoms with E-state index in [2.05, 4.69) is 31.7 Å². The van der Waals surface area contributed by atoms with Gasteiger partial charge in [0, 0.05) is 42.0 Å². The zero-order valence-corrected chi connectivity index (χ0v) is 21.3. The van der Waals surface area contributed by atoms with Crippen molar-refractivity contribution in [3.05, 3.63) is 65.2 Å². The molecule has 1 atom stereocenters. The molecule has 0 radical (unpaired) electrons. The zero-order chi connectivity index (χ0) is 26.5. The van der Waals surface area contributed by atoms with Crippen LogP contribution in [0.4, 0.5) is 5.69 Å². The molecule has 5 rings (SSSR count). The Balaban J connectivity index is 1.41. The van der Waals surface area contributed by atoms with Gasteiger partial charge in [-0.15, -0.1) is 0 Å². The molecule has 0 saturated carbocycles. The summed E-state index contributed by atoms with van der Waals surface area (Å²) in [6, 6.07) is 9.30. The van der Waals surface area contributed by atoms with Gasteiger partial charge in [0.2, 0.25) is 11.7 Å². The first-order valence-corrected chi connectivity index (χ1v) is 12.5. The maximum absolute atomic E-state index is 13.2. The van der Waals surface area contributed by atoms with Crippen LogP contribution in [0.1, 0.15) is 23.6 Å². The fraction of sp³-hybridized carbons (Fsp3) is 0.310. The number of aliphatic imine (C=N–C) groups is 1. The monoisotopic (exact) mass is 512 g/mol. The largest absolute Gasteiger partial charge is 0.465 e. The van der Waals surface area contributed by atoms with E-state index in [0.717, 1.165) is 48.4 Å². The summed E-state index contributed by atoms with van der Waals surface area (Å²) in [5, 5.41) is 0.829. The van der Waals surface area contributed by atoms with Crippen molar-refractivity contribution in [3.63, 3.8) is 0 Å². The third kappa shape index (κ3) is 5.52. The quantitative estimate of drug-likeness (QED) is 0.242. The second kappa shape index (κ2) is 11.4. The lowest BCUT2D eigenvalue weighted by atomic mass is 10.0. The Kier molecular flexibility index (Phi) is 7.63. The summed E-state index contributed by atoms with van der Waals surface area (Å²) >= 11 is 0. The number of ether oxygens (including phenoxy) is 3. The number of carbonyl (C=O) groups is 2. The molecule has 4 heterocycles. The number of hydrogen-bond donors (Lipinski definition) is 1. The van der Waals surface area contributed by atoms with E-state index in [1.165, 1.54) is 0 Å². The van der Waals surface area contributed by atoms with Gasteiger partial charge in [-0.05, 0) is 55.8 Å². The summed E-state index contributed by atoms with van der Waals surface area (Å²) in [4.78, 5) is 40.1. The van der Waals surface area contributed by atoms with Gasteiger partial charge in [-0.1, -0.05) is 11.8 Å². The predicted octanol–water partition coefficient (Wildman–Crippen LogP) is 3.40. The van der Waals surface area contributed by atoms with Gasteiger partial charge in [0.1, 0.15) is 5.65 Å². The third-order valence-electron chi connectivity index (χ3n) is 6.33. The number of pyridine rings is 1. The summed E-state index contributed by atoms with van der Waals surface area (Å²) in [7, 11) is 0. The summed E-state index contributed by atoms with van der Waals surface area (Å²) < 4.78 is 16.4. The van der Waals surface area contributed by atoms with Crippen LogP contribution in [0.2, 0.25) is 0 Å². The van der Waals surface area contributed by atoms with Gasteiger partial charge < -0.3 is 19.2 Å². The molecule has 2 saturated heterocycles. The Hall–Kier alpha value is -4.26. The lowest BCUT2D eigenvalue weighted by molar-refractivity contribution is -0.147. The van der Waals surface area contributed by atoms with Crippen LogP contribution < -0.4 is 0 Å². The maximum atomic E-state index is 13.2. The normalized spacial score (nSPS) is 19.9. The Bertz CT molecular complexity index is 1490. The molecule has 194 valence electrons. The van der Waals surface area contributed by atoms with E-state index < -0.39 is 17.7 Å². The zero-order valence-electron chi connectivity index (χ0n) is 21.3. The van der Waals surface area contributed by atoms with Gasteiger partial charge in [-0.3, -0.25) is 14.5 Å². The van der Waals surface area contributed by atoms with E-state index in [4.69, 9.17) is 14.2 Å². The van der Waals surface area contributed by atoms with E-state index in [1.807, 2.05) is 37.3 Å². The minimum atomic E-state index is -1.27. The highest BCUT2D eigenvalue weighted by molar-refractivity contribution is 6.27. The fourth-order valence-corrected chi connectivity index (χ4v) is 4.33. The molecule has 1 N–H and O–H groups in total. The Morgan fingerprint density at radius 1 is 1.32 bits per heavy atom. The lowest BCUT2D eigenvalue weighted by Crippen LogP contribution is -2.36. The molecular formula is C29H28N4O5. The van der Waals surface area contributed by atoms with Crippen molar-refractivity contribution < 1.29 is 23.8 Å². The second-order valence-corrected chi connectivity index (χ2v) is 8.95. The average molecular weight is 513 g/mol. The standard InChI is InChI=1S/C29H28N4O5/c1-3-37-29(35)25-26(34)24(17-21-18-31-27-22(21)7-4-10-30-27)38-28(25)32-23-9-8-20(16-19(23)2)6-5-11-33-12-14-36-15-13-33/h4,7-10,16-18,25H,3,11-15H2,1-2H3,(H,30,31)/b24-17-,32-28?. The SMILES string of the molecule is CCOC(=O)C1C(=O)/C(=C/c2c[nH]c3ncccc23)OC1=Nc1ccc(C#CCN2CCOCC2)cc1C. The minimum absolute atomic E-state index is 0.00748. The molecule has 2 aliphatic heterocycles. The van der Waals surface area contributed by atoms with Crippen molar-refractivity contribution in [2.45, 2.75) is 13.8 Å². The number of aromatic nitrogens is 2. The smallest absolute Gasteiger partial charge is 0.326 e. The average Bonchev–Trinajstić information content (AvgIpc) is 3.47. The number of ketones is 1. The Morgan fingerprint density at radius 3 is 2.95 bits per heavy atom. The van der Waals surface area contributed by atoms with Crippen LogP contribution in [0.3, 0.4) is 0 Å². The highest BCUT2D eigenvalue weighted by Crippen LogP contribution is 2.30. The molecule has 1 aromatic carbocycles. The van der Waals surface area contributed by atoms with Crippen LogP contribution in [0, 0.1) is 24.7 Å². The number of fused-ring (bicyclic) bond motifs is 1. The topological polar surface area (TPSA) is 106 Å². The number of Topliss-reactive ketones (excluding diaryl/α,β-unsaturated/α-hetero) is 1. The molecule has 1 unspecified atom stereocenters. The number of hydrogen-bond acceptors (Lipinski definition) is 8. The molecular weight excluding hydrogens is 484 g/mol. The highest BCUT2D eigenvalue weighted by atomic mass is 16.5. The molecule has 9 heteroatoms. The number of carbonyl (C=O) groups excluding carboxylic acids is 2. The molecule has 0 amide bonds.